The van der Waals surface area contributed by atoms with E-state index in [1.165, 1.54) is 29.8 Å². The highest BCUT2D eigenvalue weighted by molar-refractivity contribution is 6.39. The SMILES string of the molecule is O=C(Nc1cccc([N+](=O)[O-])c1)C(=O)NC1CCN(Cc2ccccc2)CC1. The van der Waals surface area contributed by atoms with Gasteiger partial charge in [-0.1, -0.05) is 36.4 Å². The van der Waals surface area contributed by atoms with E-state index in [-0.39, 0.29) is 17.4 Å². The average molecular weight is 382 g/mol. The molecule has 1 aliphatic heterocycles. The van der Waals surface area contributed by atoms with Crippen LogP contribution in [0.3, 0.4) is 0 Å². The van der Waals surface area contributed by atoms with E-state index in [4.69, 9.17) is 0 Å². The van der Waals surface area contributed by atoms with Gasteiger partial charge in [0.25, 0.3) is 5.69 Å². The molecule has 0 saturated carbocycles. The fraction of sp³-hybridized carbons (Fsp3) is 0.300. The van der Waals surface area contributed by atoms with Crippen molar-refractivity contribution in [3.63, 3.8) is 0 Å². The summed E-state index contributed by atoms with van der Waals surface area (Å²) in [7, 11) is 0. The highest BCUT2D eigenvalue weighted by Crippen LogP contribution is 2.17. The van der Waals surface area contributed by atoms with Crippen LogP contribution in [0.4, 0.5) is 11.4 Å². The van der Waals surface area contributed by atoms with Gasteiger partial charge < -0.3 is 10.6 Å². The van der Waals surface area contributed by atoms with Crippen LogP contribution in [-0.2, 0) is 16.1 Å². The maximum atomic E-state index is 12.1. The van der Waals surface area contributed by atoms with Crippen molar-refractivity contribution in [3.8, 4) is 0 Å². The number of piperidine rings is 1. The quantitative estimate of drug-likeness (QED) is 0.469. The molecule has 146 valence electrons. The molecule has 1 aliphatic rings. The van der Waals surface area contributed by atoms with Crippen LogP contribution in [0.5, 0.6) is 0 Å². The molecule has 8 nitrogen and oxygen atoms in total. The highest BCUT2D eigenvalue weighted by Gasteiger charge is 2.23. The number of carbonyl (C=O) groups excluding carboxylic acids is 2. The lowest BCUT2D eigenvalue weighted by Crippen LogP contribution is -2.47. The summed E-state index contributed by atoms with van der Waals surface area (Å²) in [6.45, 7) is 2.55. The Bertz CT molecular complexity index is 848. The number of anilines is 1. The summed E-state index contributed by atoms with van der Waals surface area (Å²) in [5, 5.41) is 15.9. The van der Waals surface area contributed by atoms with Gasteiger partial charge in [-0.15, -0.1) is 0 Å². The van der Waals surface area contributed by atoms with Gasteiger partial charge in [-0.05, 0) is 24.5 Å². The van der Waals surface area contributed by atoms with Crippen LogP contribution in [-0.4, -0.2) is 40.8 Å². The zero-order chi connectivity index (χ0) is 19.9. The monoisotopic (exact) mass is 382 g/mol. The van der Waals surface area contributed by atoms with E-state index in [1.807, 2.05) is 18.2 Å². The van der Waals surface area contributed by atoms with Crippen molar-refractivity contribution in [2.24, 2.45) is 0 Å². The van der Waals surface area contributed by atoms with Crippen LogP contribution in [0.25, 0.3) is 0 Å². The molecule has 1 fully saturated rings. The second-order valence-electron chi connectivity index (χ2n) is 6.77. The van der Waals surface area contributed by atoms with Crippen molar-refractivity contribution in [2.45, 2.75) is 25.4 Å². The van der Waals surface area contributed by atoms with Crippen LogP contribution in [0.2, 0.25) is 0 Å². The molecule has 3 rings (SSSR count). The van der Waals surface area contributed by atoms with Crippen LogP contribution in [0, 0.1) is 10.1 Å². The molecular formula is C20H22N4O4. The van der Waals surface area contributed by atoms with Gasteiger partial charge in [0, 0.05) is 43.5 Å². The number of amides is 2. The van der Waals surface area contributed by atoms with Crippen LogP contribution in [0.15, 0.2) is 54.6 Å². The number of hydrogen-bond donors (Lipinski definition) is 2. The fourth-order valence-electron chi connectivity index (χ4n) is 3.21. The van der Waals surface area contributed by atoms with Gasteiger partial charge in [-0.25, -0.2) is 0 Å². The molecule has 0 atom stereocenters. The van der Waals surface area contributed by atoms with Crippen molar-refractivity contribution in [1.29, 1.82) is 0 Å². The Morgan fingerprint density at radius 1 is 1.04 bits per heavy atom. The van der Waals surface area contributed by atoms with Crippen molar-refractivity contribution in [3.05, 3.63) is 70.3 Å². The minimum Gasteiger partial charge on any atom is -0.345 e. The first-order valence-electron chi connectivity index (χ1n) is 9.14. The highest BCUT2D eigenvalue weighted by atomic mass is 16.6. The lowest BCUT2D eigenvalue weighted by molar-refractivity contribution is -0.384. The Morgan fingerprint density at radius 2 is 1.75 bits per heavy atom. The summed E-state index contributed by atoms with van der Waals surface area (Å²) in [4.78, 5) is 36.8. The van der Waals surface area contributed by atoms with Crippen LogP contribution >= 0.6 is 0 Å². The largest absolute Gasteiger partial charge is 0.345 e. The first-order chi connectivity index (χ1) is 13.5. The van der Waals surface area contributed by atoms with Gasteiger partial charge in [-0.3, -0.25) is 24.6 Å². The minimum absolute atomic E-state index is 0.0598. The predicted octanol–water partition coefficient (Wildman–Crippen LogP) is 2.31. The molecule has 0 spiro atoms. The zero-order valence-electron chi connectivity index (χ0n) is 15.3. The predicted molar refractivity (Wildman–Crippen MR) is 105 cm³/mol. The number of likely N-dealkylation sites (tertiary alicyclic amines) is 1. The molecule has 1 saturated heterocycles. The Hall–Kier alpha value is -3.26. The Labute approximate surface area is 162 Å². The third-order valence-electron chi connectivity index (χ3n) is 4.69. The average Bonchev–Trinajstić information content (AvgIpc) is 2.70. The number of non-ortho nitro benzene ring substituents is 1. The Kier molecular flexibility index (Phi) is 6.33. The van der Waals surface area contributed by atoms with Crippen molar-refractivity contribution >= 4 is 23.2 Å². The molecule has 2 aromatic rings. The number of nitro groups is 1. The lowest BCUT2D eigenvalue weighted by Gasteiger charge is -2.32. The maximum Gasteiger partial charge on any atom is 0.313 e. The molecule has 0 aliphatic carbocycles. The molecule has 2 aromatic carbocycles. The van der Waals surface area contributed by atoms with E-state index in [9.17, 15) is 19.7 Å². The van der Waals surface area contributed by atoms with E-state index in [0.717, 1.165) is 32.5 Å². The number of benzene rings is 2. The van der Waals surface area contributed by atoms with E-state index in [0.29, 0.717) is 0 Å². The summed E-state index contributed by atoms with van der Waals surface area (Å²) in [6.07, 6.45) is 1.53. The number of nitrogens with one attached hydrogen (secondary N) is 2. The van der Waals surface area contributed by atoms with Crippen molar-refractivity contribution < 1.29 is 14.5 Å². The molecular weight excluding hydrogens is 360 g/mol. The third-order valence-corrected chi connectivity index (χ3v) is 4.69. The molecule has 0 unspecified atom stereocenters. The summed E-state index contributed by atoms with van der Waals surface area (Å²) < 4.78 is 0. The first kappa shape index (κ1) is 19.5. The first-order valence-corrected chi connectivity index (χ1v) is 9.14. The standard InChI is InChI=1S/C20H22N4O4/c25-19(20(26)22-17-7-4-8-18(13-17)24(27)28)21-16-9-11-23(12-10-16)14-15-5-2-1-3-6-15/h1-8,13,16H,9-12,14H2,(H,21,25)(H,22,26). The number of nitrogens with zero attached hydrogens (tertiary/aromatic N) is 2. The van der Waals surface area contributed by atoms with Gasteiger partial charge in [0.15, 0.2) is 0 Å². The minimum atomic E-state index is -0.827. The molecule has 0 aromatic heterocycles. The Morgan fingerprint density at radius 3 is 2.43 bits per heavy atom. The molecule has 2 amide bonds. The number of nitro benzene ring substituents is 1. The second-order valence-corrected chi connectivity index (χ2v) is 6.77. The zero-order valence-corrected chi connectivity index (χ0v) is 15.3. The summed E-state index contributed by atoms with van der Waals surface area (Å²) in [6, 6.07) is 15.6. The number of hydrogen-bond acceptors (Lipinski definition) is 5. The molecule has 2 N–H and O–H groups in total. The van der Waals surface area contributed by atoms with E-state index >= 15 is 0 Å². The molecule has 8 heteroatoms. The van der Waals surface area contributed by atoms with Gasteiger partial charge in [0.2, 0.25) is 0 Å². The molecule has 1 heterocycles. The number of carbonyl (C=O) groups is 2. The van der Waals surface area contributed by atoms with Gasteiger partial charge in [0.1, 0.15) is 0 Å². The Balaban J connectivity index is 1.45. The summed E-state index contributed by atoms with van der Waals surface area (Å²) in [5.41, 5.74) is 1.32. The molecule has 0 radical (unpaired) electrons. The topological polar surface area (TPSA) is 105 Å². The number of rotatable bonds is 5. The maximum absolute atomic E-state index is 12.1. The van der Waals surface area contributed by atoms with Gasteiger partial charge in [-0.2, -0.15) is 0 Å². The second kappa shape index (κ2) is 9.09. The van der Waals surface area contributed by atoms with Crippen LogP contribution in [0.1, 0.15) is 18.4 Å². The van der Waals surface area contributed by atoms with Crippen LogP contribution < -0.4 is 10.6 Å². The molecule has 0 bridgehead atoms. The van der Waals surface area contributed by atoms with Crippen molar-refractivity contribution in [2.75, 3.05) is 18.4 Å². The fourth-order valence-corrected chi connectivity index (χ4v) is 3.21. The lowest BCUT2D eigenvalue weighted by atomic mass is 10.0. The molecule has 28 heavy (non-hydrogen) atoms. The smallest absolute Gasteiger partial charge is 0.313 e. The normalized spacial score (nSPS) is 15.0. The van der Waals surface area contributed by atoms with E-state index in [2.05, 4.69) is 27.7 Å². The van der Waals surface area contributed by atoms with E-state index in [1.54, 1.807) is 0 Å². The van der Waals surface area contributed by atoms with Crippen molar-refractivity contribution in [1.82, 2.24) is 10.2 Å². The summed E-state index contributed by atoms with van der Waals surface area (Å²) >= 11 is 0. The van der Waals surface area contributed by atoms with Gasteiger partial charge in [0.05, 0.1) is 4.92 Å². The van der Waals surface area contributed by atoms with Gasteiger partial charge >= 0.3 is 11.8 Å². The summed E-state index contributed by atoms with van der Waals surface area (Å²) in [5.74, 6) is -1.56. The third kappa shape index (κ3) is 5.37. The van der Waals surface area contributed by atoms with E-state index < -0.39 is 16.7 Å².